The largest absolute Gasteiger partial charge is 0.466 e. The molecule has 0 heterocycles. The van der Waals surface area contributed by atoms with E-state index in [9.17, 15) is 9.59 Å². The zero-order valence-electron chi connectivity index (χ0n) is 20.6. The van der Waals surface area contributed by atoms with Gasteiger partial charge >= 0.3 is 11.9 Å². The number of carbonyl (C=O) groups excluding carboxylic acids is 2. The second-order valence-corrected chi connectivity index (χ2v) is 8.44. The topological polar surface area (TPSA) is 61.8 Å². The van der Waals surface area contributed by atoms with E-state index in [2.05, 4.69) is 6.92 Å². The van der Waals surface area contributed by atoms with Gasteiger partial charge in [0.25, 0.3) is 0 Å². The molecule has 0 fully saturated rings. The minimum absolute atomic E-state index is 0.215. The summed E-state index contributed by atoms with van der Waals surface area (Å²) >= 11 is 0. The molecule has 0 aromatic heterocycles. The van der Waals surface area contributed by atoms with Crippen LogP contribution in [0.1, 0.15) is 129 Å². The fraction of sp³-hybridized carbons (Fsp3) is 0.923. The number of ether oxygens (including phenoxy) is 3. The highest BCUT2D eigenvalue weighted by Crippen LogP contribution is 2.13. The Labute approximate surface area is 192 Å². The molecule has 0 radical (unpaired) electrons. The molecule has 0 unspecified atom stereocenters. The molecule has 0 bridgehead atoms. The van der Waals surface area contributed by atoms with Crippen LogP contribution in [0, 0.1) is 0 Å². The lowest BCUT2D eigenvalue weighted by atomic mass is 10.0. The van der Waals surface area contributed by atoms with Crippen molar-refractivity contribution in [3.05, 3.63) is 0 Å². The first kappa shape index (κ1) is 29.9. The molecule has 0 aliphatic heterocycles. The van der Waals surface area contributed by atoms with Crippen LogP contribution in [0.25, 0.3) is 0 Å². The highest BCUT2D eigenvalue weighted by molar-refractivity contribution is 5.72. The van der Waals surface area contributed by atoms with Crippen molar-refractivity contribution in [3.63, 3.8) is 0 Å². The molecule has 0 atom stereocenters. The van der Waals surface area contributed by atoms with Crippen molar-refractivity contribution in [2.75, 3.05) is 26.4 Å². The van der Waals surface area contributed by atoms with E-state index in [0.29, 0.717) is 26.2 Å². The molecule has 5 heteroatoms. The van der Waals surface area contributed by atoms with E-state index in [-0.39, 0.29) is 31.4 Å². The summed E-state index contributed by atoms with van der Waals surface area (Å²) in [5, 5.41) is 0. The molecule has 0 aromatic carbocycles. The van der Waals surface area contributed by atoms with Crippen LogP contribution in [0.5, 0.6) is 0 Å². The minimum atomic E-state index is -0.282. The van der Waals surface area contributed by atoms with Gasteiger partial charge in [-0.15, -0.1) is 0 Å². The third-order valence-electron chi connectivity index (χ3n) is 5.47. The summed E-state index contributed by atoms with van der Waals surface area (Å²) in [6, 6.07) is 0. The number of hydrogen-bond donors (Lipinski definition) is 0. The van der Waals surface area contributed by atoms with Gasteiger partial charge in [-0.1, -0.05) is 96.8 Å². The number of unbranched alkanes of at least 4 members (excludes halogenated alkanes) is 14. The zero-order chi connectivity index (χ0) is 22.8. The second kappa shape index (κ2) is 25.2. The summed E-state index contributed by atoms with van der Waals surface area (Å²) in [4.78, 5) is 23.2. The van der Waals surface area contributed by atoms with Gasteiger partial charge < -0.3 is 14.2 Å². The van der Waals surface area contributed by atoms with Crippen LogP contribution in [0.3, 0.4) is 0 Å². The number of hydrogen-bond acceptors (Lipinski definition) is 5. The van der Waals surface area contributed by atoms with Gasteiger partial charge in [0.2, 0.25) is 0 Å². The van der Waals surface area contributed by atoms with Crippen LogP contribution in [0.15, 0.2) is 0 Å². The van der Waals surface area contributed by atoms with Crippen molar-refractivity contribution in [1.29, 1.82) is 0 Å². The van der Waals surface area contributed by atoms with Crippen molar-refractivity contribution < 1.29 is 23.8 Å². The lowest BCUT2D eigenvalue weighted by Gasteiger charge is -2.06. The molecular formula is C26H50O5. The Morgan fingerprint density at radius 1 is 0.484 bits per heavy atom. The van der Waals surface area contributed by atoms with Crippen LogP contribution in [0.4, 0.5) is 0 Å². The molecule has 0 saturated carbocycles. The van der Waals surface area contributed by atoms with Gasteiger partial charge in [-0.2, -0.15) is 0 Å². The summed E-state index contributed by atoms with van der Waals surface area (Å²) < 4.78 is 15.3. The average Bonchev–Trinajstić information content (AvgIpc) is 2.76. The molecule has 5 nitrogen and oxygen atoms in total. The van der Waals surface area contributed by atoms with Gasteiger partial charge in [-0.3, -0.25) is 9.59 Å². The Morgan fingerprint density at radius 3 is 1.35 bits per heavy atom. The Morgan fingerprint density at radius 2 is 0.903 bits per heavy atom. The first-order chi connectivity index (χ1) is 15.2. The SMILES string of the molecule is CCCCCCCCCCCCCCCCCOC(=O)CCCC(=O)OCCOCC. The quantitative estimate of drug-likeness (QED) is 0.117. The zero-order valence-corrected chi connectivity index (χ0v) is 20.6. The summed E-state index contributed by atoms with van der Waals surface area (Å²) in [6.45, 7) is 5.97. The van der Waals surface area contributed by atoms with Crippen LogP contribution in [-0.4, -0.2) is 38.4 Å². The first-order valence-electron chi connectivity index (χ1n) is 13.1. The average molecular weight is 443 g/mol. The van der Waals surface area contributed by atoms with Crippen LogP contribution < -0.4 is 0 Å². The summed E-state index contributed by atoms with van der Waals surface area (Å²) in [6.07, 6.45) is 20.9. The number of rotatable bonds is 24. The van der Waals surface area contributed by atoms with E-state index >= 15 is 0 Å². The van der Waals surface area contributed by atoms with E-state index in [1.54, 1.807) is 0 Å². The fourth-order valence-corrected chi connectivity index (χ4v) is 3.54. The molecule has 0 aromatic rings. The number of carbonyl (C=O) groups is 2. The lowest BCUT2D eigenvalue weighted by Crippen LogP contribution is -2.11. The Kier molecular flexibility index (Phi) is 24.3. The van der Waals surface area contributed by atoms with Gasteiger partial charge in [0, 0.05) is 19.4 Å². The molecule has 184 valence electrons. The monoisotopic (exact) mass is 442 g/mol. The van der Waals surface area contributed by atoms with Crippen molar-refractivity contribution in [3.8, 4) is 0 Å². The second-order valence-electron chi connectivity index (χ2n) is 8.44. The molecule has 0 spiro atoms. The van der Waals surface area contributed by atoms with Gasteiger partial charge in [0.05, 0.1) is 13.2 Å². The van der Waals surface area contributed by atoms with E-state index in [0.717, 1.165) is 12.8 Å². The highest BCUT2D eigenvalue weighted by Gasteiger charge is 2.07. The molecule has 0 N–H and O–H groups in total. The van der Waals surface area contributed by atoms with Gasteiger partial charge in [0.1, 0.15) is 6.61 Å². The van der Waals surface area contributed by atoms with Gasteiger partial charge in [0.15, 0.2) is 0 Å². The maximum absolute atomic E-state index is 11.7. The summed E-state index contributed by atoms with van der Waals surface area (Å²) in [5.74, 6) is -0.498. The standard InChI is InChI=1S/C26H50O5/c1-3-5-6-7-8-9-10-11-12-13-14-15-16-17-18-22-30-25(27)20-19-21-26(28)31-24-23-29-4-2/h3-24H2,1-2H3. The molecule has 31 heavy (non-hydrogen) atoms. The van der Waals surface area contributed by atoms with Crippen molar-refractivity contribution in [1.82, 2.24) is 0 Å². The predicted octanol–water partition coefficient (Wildman–Crippen LogP) is 7.15. The molecular weight excluding hydrogens is 392 g/mol. The Bertz CT molecular complexity index is 397. The van der Waals surface area contributed by atoms with Crippen molar-refractivity contribution in [2.45, 2.75) is 129 Å². The summed E-state index contributed by atoms with van der Waals surface area (Å²) in [5.41, 5.74) is 0. The van der Waals surface area contributed by atoms with Crippen LogP contribution >= 0.6 is 0 Å². The first-order valence-corrected chi connectivity index (χ1v) is 13.1. The minimum Gasteiger partial charge on any atom is -0.466 e. The number of esters is 2. The Balaban J connectivity index is 3.22. The van der Waals surface area contributed by atoms with E-state index < -0.39 is 0 Å². The summed E-state index contributed by atoms with van der Waals surface area (Å²) in [7, 11) is 0. The molecule has 0 saturated heterocycles. The van der Waals surface area contributed by atoms with E-state index in [1.165, 1.54) is 83.5 Å². The fourth-order valence-electron chi connectivity index (χ4n) is 3.54. The van der Waals surface area contributed by atoms with E-state index in [1.807, 2.05) is 6.92 Å². The smallest absolute Gasteiger partial charge is 0.305 e. The molecule has 0 aliphatic carbocycles. The van der Waals surface area contributed by atoms with Gasteiger partial charge in [-0.05, 0) is 19.8 Å². The predicted molar refractivity (Wildman–Crippen MR) is 127 cm³/mol. The third-order valence-corrected chi connectivity index (χ3v) is 5.47. The van der Waals surface area contributed by atoms with Crippen LogP contribution in [-0.2, 0) is 23.8 Å². The molecule has 0 amide bonds. The normalized spacial score (nSPS) is 10.9. The highest BCUT2D eigenvalue weighted by atomic mass is 16.6. The maximum atomic E-state index is 11.7. The lowest BCUT2D eigenvalue weighted by molar-refractivity contribution is -0.146. The molecule has 0 aliphatic rings. The maximum Gasteiger partial charge on any atom is 0.305 e. The van der Waals surface area contributed by atoms with Crippen LogP contribution in [0.2, 0.25) is 0 Å². The third kappa shape index (κ3) is 25.0. The van der Waals surface area contributed by atoms with Crippen molar-refractivity contribution >= 4 is 11.9 Å². The van der Waals surface area contributed by atoms with Crippen molar-refractivity contribution in [2.24, 2.45) is 0 Å². The Hall–Kier alpha value is -1.10. The molecule has 0 rings (SSSR count). The van der Waals surface area contributed by atoms with Gasteiger partial charge in [-0.25, -0.2) is 0 Å². The van der Waals surface area contributed by atoms with E-state index in [4.69, 9.17) is 14.2 Å².